The van der Waals surface area contributed by atoms with Crippen molar-refractivity contribution in [2.45, 2.75) is 45.0 Å². The number of hydrogen-bond donors (Lipinski definition) is 0. The van der Waals surface area contributed by atoms with Gasteiger partial charge in [-0.05, 0) is 36.3 Å². The molecule has 0 fully saturated rings. The topological polar surface area (TPSA) is 18.5 Å². The van der Waals surface area contributed by atoms with Gasteiger partial charge in [-0.25, -0.2) is 0 Å². The Hall–Kier alpha value is -0.953. The maximum absolute atomic E-state index is 6.15. The summed E-state index contributed by atoms with van der Waals surface area (Å²) in [6, 6.07) is 7.27. The molecule has 0 bridgehead atoms. The predicted molar refractivity (Wildman–Crippen MR) is 87.9 cm³/mol. The zero-order chi connectivity index (χ0) is 15.4. The van der Waals surface area contributed by atoms with E-state index in [9.17, 15) is 0 Å². The number of terminal acetylenes is 1. The standard InChI is InChI=1S/C16H23ClO2Si/c1-7-14(19-20(5,6)16(2,3)4)12-18-15-10-8-9-13(17)11-15/h1,8-11,14H,12H2,2-6H3. The molecule has 0 N–H and O–H groups in total. The van der Waals surface area contributed by atoms with E-state index >= 15 is 0 Å². The summed E-state index contributed by atoms with van der Waals surface area (Å²) in [6.07, 6.45) is 5.22. The van der Waals surface area contributed by atoms with Gasteiger partial charge < -0.3 is 9.16 Å². The highest BCUT2D eigenvalue weighted by Gasteiger charge is 2.39. The van der Waals surface area contributed by atoms with Crippen LogP contribution in [0.5, 0.6) is 5.75 Å². The molecular weight excluding hydrogens is 288 g/mol. The highest BCUT2D eigenvalue weighted by Crippen LogP contribution is 2.37. The highest BCUT2D eigenvalue weighted by molar-refractivity contribution is 6.74. The first-order chi connectivity index (χ1) is 9.15. The molecule has 1 aromatic carbocycles. The molecule has 1 rings (SSSR count). The van der Waals surface area contributed by atoms with Gasteiger partial charge in [0, 0.05) is 5.02 Å². The molecule has 0 saturated heterocycles. The van der Waals surface area contributed by atoms with Gasteiger partial charge in [0.2, 0.25) is 0 Å². The SMILES string of the molecule is C#CC(COc1cccc(Cl)c1)O[Si](C)(C)C(C)(C)C. The van der Waals surface area contributed by atoms with Gasteiger partial charge in [0.15, 0.2) is 8.32 Å². The fourth-order valence-electron chi connectivity index (χ4n) is 1.38. The lowest BCUT2D eigenvalue weighted by Crippen LogP contribution is -2.45. The Morgan fingerprint density at radius 2 is 2.00 bits per heavy atom. The van der Waals surface area contributed by atoms with Crippen molar-refractivity contribution in [1.82, 2.24) is 0 Å². The number of ether oxygens (including phenoxy) is 1. The fraction of sp³-hybridized carbons (Fsp3) is 0.500. The Morgan fingerprint density at radius 1 is 1.35 bits per heavy atom. The summed E-state index contributed by atoms with van der Waals surface area (Å²) in [5.74, 6) is 3.37. The summed E-state index contributed by atoms with van der Waals surface area (Å²) in [5, 5.41) is 0.767. The summed E-state index contributed by atoms with van der Waals surface area (Å²) < 4.78 is 11.8. The van der Waals surface area contributed by atoms with Crippen LogP contribution in [0.25, 0.3) is 0 Å². The molecule has 0 aliphatic heterocycles. The lowest BCUT2D eigenvalue weighted by Gasteiger charge is -2.37. The van der Waals surface area contributed by atoms with Crippen LogP contribution in [0.1, 0.15) is 20.8 Å². The first kappa shape index (κ1) is 17.1. The molecule has 0 heterocycles. The first-order valence-corrected chi connectivity index (χ1v) is 9.96. The molecule has 110 valence electrons. The molecule has 1 unspecified atom stereocenters. The zero-order valence-electron chi connectivity index (χ0n) is 12.9. The lowest BCUT2D eigenvalue weighted by molar-refractivity contribution is 0.157. The van der Waals surface area contributed by atoms with Gasteiger partial charge in [0.1, 0.15) is 18.5 Å². The van der Waals surface area contributed by atoms with Crippen molar-refractivity contribution in [2.24, 2.45) is 0 Å². The second-order valence-electron chi connectivity index (χ2n) is 6.30. The molecule has 0 radical (unpaired) electrons. The Kier molecular flexibility index (Phi) is 5.70. The summed E-state index contributed by atoms with van der Waals surface area (Å²) in [7, 11) is -1.89. The minimum Gasteiger partial charge on any atom is -0.490 e. The van der Waals surface area contributed by atoms with E-state index in [0.717, 1.165) is 0 Å². The van der Waals surface area contributed by atoms with Crippen LogP contribution in [0.15, 0.2) is 24.3 Å². The molecule has 0 amide bonds. The van der Waals surface area contributed by atoms with Crippen LogP contribution >= 0.6 is 11.6 Å². The molecule has 2 nitrogen and oxygen atoms in total. The second kappa shape index (κ2) is 6.67. The van der Waals surface area contributed by atoms with E-state index in [2.05, 4.69) is 39.8 Å². The third kappa shape index (κ3) is 4.86. The van der Waals surface area contributed by atoms with Crippen molar-refractivity contribution in [1.29, 1.82) is 0 Å². The van der Waals surface area contributed by atoms with Gasteiger partial charge >= 0.3 is 0 Å². The molecule has 0 aromatic heterocycles. The van der Waals surface area contributed by atoms with E-state index in [1.165, 1.54) is 0 Å². The van der Waals surface area contributed by atoms with Crippen LogP contribution in [0.2, 0.25) is 23.2 Å². The Labute approximate surface area is 128 Å². The van der Waals surface area contributed by atoms with Crippen LogP contribution in [0, 0.1) is 12.3 Å². The van der Waals surface area contributed by atoms with Gasteiger partial charge in [-0.3, -0.25) is 0 Å². The summed E-state index contributed by atoms with van der Waals surface area (Å²) in [6.45, 7) is 11.2. The first-order valence-electron chi connectivity index (χ1n) is 6.68. The molecule has 0 spiro atoms. The monoisotopic (exact) mass is 310 g/mol. The summed E-state index contributed by atoms with van der Waals surface area (Å²) in [4.78, 5) is 0. The van der Waals surface area contributed by atoms with Gasteiger partial charge in [0.05, 0.1) is 0 Å². The van der Waals surface area contributed by atoms with Crippen molar-refractivity contribution >= 4 is 19.9 Å². The average Bonchev–Trinajstić information content (AvgIpc) is 2.33. The number of hydrogen-bond acceptors (Lipinski definition) is 2. The zero-order valence-corrected chi connectivity index (χ0v) is 14.6. The normalized spacial score (nSPS) is 13.7. The van der Waals surface area contributed by atoms with Crippen LogP contribution in [-0.4, -0.2) is 21.0 Å². The summed E-state index contributed by atoms with van der Waals surface area (Å²) >= 11 is 5.92. The molecule has 0 aliphatic carbocycles. The Morgan fingerprint density at radius 3 is 2.50 bits per heavy atom. The van der Waals surface area contributed by atoms with Gasteiger partial charge in [-0.1, -0.05) is 44.4 Å². The molecule has 0 aliphatic rings. The van der Waals surface area contributed by atoms with Gasteiger partial charge in [-0.15, -0.1) is 6.42 Å². The maximum Gasteiger partial charge on any atom is 0.193 e. The van der Waals surface area contributed by atoms with Crippen LogP contribution in [0.4, 0.5) is 0 Å². The van der Waals surface area contributed by atoms with Gasteiger partial charge in [0.25, 0.3) is 0 Å². The molecule has 20 heavy (non-hydrogen) atoms. The molecule has 0 saturated carbocycles. The number of benzene rings is 1. The smallest absolute Gasteiger partial charge is 0.193 e. The van der Waals surface area contributed by atoms with Crippen LogP contribution < -0.4 is 4.74 Å². The lowest BCUT2D eigenvalue weighted by atomic mass is 10.2. The largest absolute Gasteiger partial charge is 0.490 e. The van der Waals surface area contributed by atoms with Crippen molar-refractivity contribution < 1.29 is 9.16 Å². The average molecular weight is 311 g/mol. The van der Waals surface area contributed by atoms with E-state index in [-0.39, 0.29) is 11.1 Å². The van der Waals surface area contributed by atoms with Crippen molar-refractivity contribution in [3.05, 3.63) is 29.3 Å². The minimum atomic E-state index is -1.89. The van der Waals surface area contributed by atoms with Crippen LogP contribution in [-0.2, 0) is 4.43 Å². The minimum absolute atomic E-state index is 0.123. The van der Waals surface area contributed by atoms with E-state index in [1.807, 2.05) is 12.1 Å². The molecule has 1 atom stereocenters. The van der Waals surface area contributed by atoms with E-state index < -0.39 is 8.32 Å². The third-order valence-corrected chi connectivity index (χ3v) is 8.35. The second-order valence-corrected chi connectivity index (χ2v) is 11.5. The van der Waals surface area contributed by atoms with Crippen molar-refractivity contribution in [2.75, 3.05) is 6.61 Å². The third-order valence-electron chi connectivity index (χ3n) is 3.63. The summed E-state index contributed by atoms with van der Waals surface area (Å²) in [5.41, 5.74) is 0. The maximum atomic E-state index is 6.15. The number of halogens is 1. The van der Waals surface area contributed by atoms with Crippen molar-refractivity contribution in [3.8, 4) is 18.1 Å². The molecule has 4 heteroatoms. The fourth-order valence-corrected chi connectivity index (χ4v) is 2.76. The predicted octanol–water partition coefficient (Wildman–Crippen LogP) is 4.74. The Balaban J connectivity index is 2.63. The van der Waals surface area contributed by atoms with Crippen molar-refractivity contribution in [3.63, 3.8) is 0 Å². The van der Waals surface area contributed by atoms with Crippen LogP contribution in [0.3, 0.4) is 0 Å². The number of rotatable bonds is 5. The van der Waals surface area contributed by atoms with Gasteiger partial charge in [-0.2, -0.15) is 0 Å². The van der Waals surface area contributed by atoms with E-state index in [0.29, 0.717) is 17.4 Å². The van der Waals surface area contributed by atoms with E-state index in [1.54, 1.807) is 12.1 Å². The Bertz CT molecular complexity index is 486. The highest BCUT2D eigenvalue weighted by atomic mass is 35.5. The quantitative estimate of drug-likeness (QED) is 0.577. The molecular formula is C16H23ClO2Si. The molecule has 1 aromatic rings. The van der Waals surface area contributed by atoms with E-state index in [4.69, 9.17) is 27.2 Å².